The molecule has 0 unspecified atom stereocenters. The van der Waals surface area contributed by atoms with Gasteiger partial charge in [-0.15, -0.1) is 0 Å². The SMILES string of the molecule is C=CC(N)=N/C=C(\C)CNC. The third-order valence-corrected chi connectivity index (χ3v) is 1.10. The number of likely N-dealkylation sites (N-methyl/N-ethyl adjacent to an activating group) is 1. The molecule has 62 valence electrons. The highest BCUT2D eigenvalue weighted by Crippen LogP contribution is 1.89. The zero-order valence-corrected chi connectivity index (χ0v) is 7.09. The largest absolute Gasteiger partial charge is 0.384 e. The van der Waals surface area contributed by atoms with Crippen molar-refractivity contribution in [2.45, 2.75) is 6.92 Å². The van der Waals surface area contributed by atoms with E-state index in [0.29, 0.717) is 5.84 Å². The van der Waals surface area contributed by atoms with E-state index in [0.717, 1.165) is 12.1 Å². The molecule has 0 aromatic carbocycles. The van der Waals surface area contributed by atoms with Gasteiger partial charge in [0.1, 0.15) is 5.84 Å². The van der Waals surface area contributed by atoms with Crippen molar-refractivity contribution in [3.05, 3.63) is 24.4 Å². The Morgan fingerprint density at radius 1 is 1.73 bits per heavy atom. The second kappa shape index (κ2) is 5.68. The number of nitrogens with one attached hydrogen (secondary N) is 1. The van der Waals surface area contributed by atoms with Crippen LogP contribution in [0.1, 0.15) is 6.92 Å². The minimum absolute atomic E-state index is 0.445. The molecule has 0 aliphatic rings. The third-order valence-electron chi connectivity index (χ3n) is 1.10. The number of amidine groups is 1. The van der Waals surface area contributed by atoms with Crippen molar-refractivity contribution in [2.24, 2.45) is 10.7 Å². The summed E-state index contributed by atoms with van der Waals surface area (Å²) in [5.41, 5.74) is 6.52. The van der Waals surface area contributed by atoms with Crippen LogP contribution in [0.3, 0.4) is 0 Å². The number of nitrogens with two attached hydrogens (primary N) is 1. The molecule has 0 saturated carbocycles. The molecule has 0 rings (SSSR count). The molecule has 0 radical (unpaired) electrons. The van der Waals surface area contributed by atoms with Crippen molar-refractivity contribution >= 4 is 5.84 Å². The molecule has 0 aromatic rings. The first kappa shape index (κ1) is 9.91. The zero-order chi connectivity index (χ0) is 8.69. The molecule has 0 aliphatic heterocycles. The Balaban J connectivity index is 3.99. The highest BCUT2D eigenvalue weighted by Gasteiger charge is 1.84. The quantitative estimate of drug-likeness (QED) is 0.460. The molecule has 0 saturated heterocycles. The van der Waals surface area contributed by atoms with Gasteiger partial charge >= 0.3 is 0 Å². The maximum Gasteiger partial charge on any atom is 0.122 e. The average molecular weight is 153 g/mol. The molecule has 3 heteroatoms. The summed E-state index contributed by atoms with van der Waals surface area (Å²) in [4.78, 5) is 3.94. The van der Waals surface area contributed by atoms with Gasteiger partial charge in [0.25, 0.3) is 0 Å². The van der Waals surface area contributed by atoms with Crippen LogP contribution in [0.2, 0.25) is 0 Å². The summed E-state index contributed by atoms with van der Waals surface area (Å²) < 4.78 is 0. The van der Waals surface area contributed by atoms with Gasteiger partial charge in [-0.1, -0.05) is 6.58 Å². The number of hydrogen-bond donors (Lipinski definition) is 2. The van der Waals surface area contributed by atoms with Gasteiger partial charge in [-0.05, 0) is 25.6 Å². The van der Waals surface area contributed by atoms with E-state index in [1.165, 1.54) is 6.08 Å². The Labute approximate surface area is 67.7 Å². The molecule has 0 amide bonds. The van der Waals surface area contributed by atoms with Gasteiger partial charge in [-0.2, -0.15) is 0 Å². The van der Waals surface area contributed by atoms with Crippen LogP contribution in [0, 0.1) is 0 Å². The fraction of sp³-hybridized carbons (Fsp3) is 0.375. The van der Waals surface area contributed by atoms with Gasteiger partial charge in [-0.25, -0.2) is 4.99 Å². The van der Waals surface area contributed by atoms with Crippen molar-refractivity contribution in [2.75, 3.05) is 13.6 Å². The summed E-state index contributed by atoms with van der Waals surface area (Å²) in [5.74, 6) is 0.445. The molecule has 0 aromatic heterocycles. The summed E-state index contributed by atoms with van der Waals surface area (Å²) in [6.07, 6.45) is 3.25. The minimum atomic E-state index is 0.445. The number of rotatable bonds is 4. The fourth-order valence-corrected chi connectivity index (χ4v) is 0.562. The fourth-order valence-electron chi connectivity index (χ4n) is 0.562. The van der Waals surface area contributed by atoms with Crippen LogP contribution in [-0.2, 0) is 0 Å². The third kappa shape index (κ3) is 5.36. The van der Waals surface area contributed by atoms with Crippen LogP contribution < -0.4 is 11.1 Å². The predicted molar refractivity (Wildman–Crippen MR) is 49.5 cm³/mol. The molecule has 0 aliphatic carbocycles. The van der Waals surface area contributed by atoms with Gasteiger partial charge in [0.05, 0.1) is 0 Å². The Morgan fingerprint density at radius 2 is 2.36 bits per heavy atom. The van der Waals surface area contributed by atoms with Crippen molar-refractivity contribution < 1.29 is 0 Å². The van der Waals surface area contributed by atoms with Crippen LogP contribution in [-0.4, -0.2) is 19.4 Å². The van der Waals surface area contributed by atoms with Gasteiger partial charge in [0.2, 0.25) is 0 Å². The van der Waals surface area contributed by atoms with Crippen LogP contribution in [0.4, 0.5) is 0 Å². The summed E-state index contributed by atoms with van der Waals surface area (Å²) in [7, 11) is 1.89. The van der Waals surface area contributed by atoms with E-state index >= 15 is 0 Å². The van der Waals surface area contributed by atoms with Gasteiger partial charge < -0.3 is 11.1 Å². The first-order valence-corrected chi connectivity index (χ1v) is 3.46. The van der Waals surface area contributed by atoms with E-state index < -0.39 is 0 Å². The van der Waals surface area contributed by atoms with Crippen molar-refractivity contribution in [1.82, 2.24) is 5.32 Å². The van der Waals surface area contributed by atoms with Crippen LogP contribution >= 0.6 is 0 Å². The average Bonchev–Trinajstić information content (AvgIpc) is 2.01. The van der Waals surface area contributed by atoms with Gasteiger partial charge in [0, 0.05) is 12.7 Å². The summed E-state index contributed by atoms with van der Waals surface area (Å²) >= 11 is 0. The van der Waals surface area contributed by atoms with E-state index in [1.807, 2.05) is 14.0 Å². The smallest absolute Gasteiger partial charge is 0.122 e. The highest BCUT2D eigenvalue weighted by atomic mass is 14.8. The lowest BCUT2D eigenvalue weighted by Gasteiger charge is -1.95. The maximum atomic E-state index is 5.38. The molecular weight excluding hydrogens is 138 g/mol. The maximum absolute atomic E-state index is 5.38. The van der Waals surface area contributed by atoms with Crippen molar-refractivity contribution in [3.63, 3.8) is 0 Å². The Hall–Kier alpha value is -1.09. The standard InChI is InChI=1S/C8H15N3/c1-4-8(9)11-6-7(2)5-10-3/h4,6,10H,1,5H2,2-3H3,(H2,9,11)/b7-6+. The summed E-state index contributed by atoms with van der Waals surface area (Å²) in [6, 6.07) is 0. The Morgan fingerprint density at radius 3 is 2.82 bits per heavy atom. The van der Waals surface area contributed by atoms with Crippen LogP contribution in [0.15, 0.2) is 29.4 Å². The topological polar surface area (TPSA) is 50.4 Å². The molecule has 3 nitrogen and oxygen atoms in total. The minimum Gasteiger partial charge on any atom is -0.384 e. The van der Waals surface area contributed by atoms with E-state index in [9.17, 15) is 0 Å². The number of nitrogens with zero attached hydrogens (tertiary/aromatic N) is 1. The Bertz CT molecular complexity index is 180. The predicted octanol–water partition coefficient (Wildman–Crippen LogP) is 0.653. The lowest BCUT2D eigenvalue weighted by molar-refractivity contribution is 0.877. The highest BCUT2D eigenvalue weighted by molar-refractivity contribution is 5.91. The van der Waals surface area contributed by atoms with Gasteiger partial charge in [0.15, 0.2) is 0 Å². The number of hydrogen-bond acceptors (Lipinski definition) is 2. The van der Waals surface area contributed by atoms with Gasteiger partial charge in [-0.3, -0.25) is 0 Å². The molecular formula is C8H15N3. The molecule has 0 spiro atoms. The molecule has 0 bridgehead atoms. The first-order chi connectivity index (χ1) is 5.20. The van der Waals surface area contributed by atoms with Crippen molar-refractivity contribution in [1.29, 1.82) is 0 Å². The first-order valence-electron chi connectivity index (χ1n) is 3.46. The molecule has 0 fully saturated rings. The molecule has 0 atom stereocenters. The number of aliphatic imine (C=N–C) groups is 1. The Kier molecular flexibility index (Phi) is 5.11. The van der Waals surface area contributed by atoms with Crippen molar-refractivity contribution in [3.8, 4) is 0 Å². The lowest BCUT2D eigenvalue weighted by atomic mass is 10.3. The second-order valence-electron chi connectivity index (χ2n) is 2.26. The second-order valence-corrected chi connectivity index (χ2v) is 2.26. The lowest BCUT2D eigenvalue weighted by Crippen LogP contribution is -2.09. The van der Waals surface area contributed by atoms with Crippen LogP contribution in [0.25, 0.3) is 0 Å². The van der Waals surface area contributed by atoms with Crippen LogP contribution in [0.5, 0.6) is 0 Å². The molecule has 3 N–H and O–H groups in total. The molecule has 0 heterocycles. The normalized spacial score (nSPS) is 13.3. The van der Waals surface area contributed by atoms with E-state index in [1.54, 1.807) is 6.20 Å². The molecule has 11 heavy (non-hydrogen) atoms. The monoisotopic (exact) mass is 153 g/mol. The summed E-state index contributed by atoms with van der Waals surface area (Å²) in [6.45, 7) is 6.29. The van der Waals surface area contributed by atoms with E-state index in [2.05, 4.69) is 16.9 Å². The zero-order valence-electron chi connectivity index (χ0n) is 7.09. The summed E-state index contributed by atoms with van der Waals surface area (Å²) in [5, 5.41) is 3.01. The van der Waals surface area contributed by atoms with E-state index in [4.69, 9.17) is 5.73 Å². The van der Waals surface area contributed by atoms with E-state index in [-0.39, 0.29) is 0 Å².